The van der Waals surface area contributed by atoms with Gasteiger partial charge in [0.2, 0.25) is 5.91 Å². The number of ether oxygens (including phenoxy) is 1. The van der Waals surface area contributed by atoms with Crippen molar-refractivity contribution in [2.75, 3.05) is 44.6 Å². The predicted octanol–water partition coefficient (Wildman–Crippen LogP) is 4.39. The number of fused-ring (bicyclic) bond motifs is 1. The number of carbonyl (C=O) groups is 2. The Balaban J connectivity index is 1.48. The van der Waals surface area contributed by atoms with E-state index >= 15 is 0 Å². The normalized spacial score (nSPS) is 15.6. The molecule has 7 nitrogen and oxygen atoms in total. The van der Waals surface area contributed by atoms with Crippen LogP contribution in [0.5, 0.6) is 5.75 Å². The number of amides is 2. The zero-order valence-electron chi connectivity index (χ0n) is 21.8. The second-order valence-corrected chi connectivity index (χ2v) is 10.2. The predicted molar refractivity (Wildman–Crippen MR) is 139 cm³/mol. The molecule has 2 amide bonds. The van der Waals surface area contributed by atoms with Crippen molar-refractivity contribution in [3.8, 4) is 5.75 Å². The Morgan fingerprint density at radius 1 is 1.16 bits per heavy atom. The SMILES string of the molecule is CC(C)NCCN(Cc1ccccc1C(F)(F)F)C(=O)CNc1cccc2c1OCCN(CC1CC1)C2=O. The molecule has 0 unspecified atom stereocenters. The van der Waals surface area contributed by atoms with E-state index in [9.17, 15) is 22.8 Å². The van der Waals surface area contributed by atoms with Gasteiger partial charge in [0.15, 0.2) is 5.75 Å². The Labute approximate surface area is 221 Å². The quantitative estimate of drug-likeness (QED) is 0.449. The Morgan fingerprint density at radius 3 is 2.63 bits per heavy atom. The molecule has 0 aromatic heterocycles. The molecule has 1 saturated carbocycles. The molecule has 1 fully saturated rings. The second-order valence-electron chi connectivity index (χ2n) is 10.2. The van der Waals surface area contributed by atoms with Crippen LogP contribution in [-0.2, 0) is 17.5 Å². The van der Waals surface area contributed by atoms with Crippen LogP contribution < -0.4 is 15.4 Å². The van der Waals surface area contributed by atoms with E-state index in [4.69, 9.17) is 4.74 Å². The summed E-state index contributed by atoms with van der Waals surface area (Å²) in [5.41, 5.74) is 0.237. The lowest BCUT2D eigenvalue weighted by atomic mass is 10.1. The molecule has 2 N–H and O–H groups in total. The van der Waals surface area contributed by atoms with E-state index in [2.05, 4.69) is 10.6 Å². The van der Waals surface area contributed by atoms with Gasteiger partial charge in [-0.1, -0.05) is 38.1 Å². The largest absolute Gasteiger partial charge is 0.489 e. The first-order valence-corrected chi connectivity index (χ1v) is 13.1. The van der Waals surface area contributed by atoms with E-state index in [-0.39, 0.29) is 43.1 Å². The summed E-state index contributed by atoms with van der Waals surface area (Å²) in [5, 5.41) is 6.28. The summed E-state index contributed by atoms with van der Waals surface area (Å²) in [4.78, 5) is 29.6. The van der Waals surface area contributed by atoms with Gasteiger partial charge in [-0.3, -0.25) is 9.59 Å². The highest BCUT2D eigenvalue weighted by Crippen LogP contribution is 2.35. The fourth-order valence-electron chi connectivity index (χ4n) is 4.52. The number of nitrogens with one attached hydrogen (secondary N) is 2. The lowest BCUT2D eigenvalue weighted by Crippen LogP contribution is -2.41. The Kier molecular flexibility index (Phi) is 8.81. The van der Waals surface area contributed by atoms with Crippen molar-refractivity contribution in [2.24, 2.45) is 5.92 Å². The molecule has 2 aromatic rings. The number of anilines is 1. The van der Waals surface area contributed by atoms with E-state index in [1.54, 1.807) is 18.2 Å². The Morgan fingerprint density at radius 2 is 1.92 bits per heavy atom. The average Bonchev–Trinajstić information content (AvgIpc) is 3.70. The van der Waals surface area contributed by atoms with Crippen LogP contribution in [0.1, 0.15) is 48.2 Å². The molecule has 2 aromatic carbocycles. The maximum Gasteiger partial charge on any atom is 0.416 e. The third-order valence-corrected chi connectivity index (χ3v) is 6.72. The summed E-state index contributed by atoms with van der Waals surface area (Å²) in [6.45, 7) is 5.83. The Hall–Kier alpha value is -3.27. The van der Waals surface area contributed by atoms with Gasteiger partial charge in [0.25, 0.3) is 5.91 Å². The maximum absolute atomic E-state index is 13.6. The molecular formula is C28H35F3N4O3. The van der Waals surface area contributed by atoms with Crippen molar-refractivity contribution in [3.05, 3.63) is 59.2 Å². The van der Waals surface area contributed by atoms with Gasteiger partial charge in [-0.2, -0.15) is 13.2 Å². The number of hydrogen-bond donors (Lipinski definition) is 2. The fraction of sp³-hybridized carbons (Fsp3) is 0.500. The summed E-state index contributed by atoms with van der Waals surface area (Å²) in [6, 6.07) is 10.7. The molecular weight excluding hydrogens is 497 g/mol. The second kappa shape index (κ2) is 12.1. The van der Waals surface area contributed by atoms with Crippen LogP contribution in [-0.4, -0.2) is 67.0 Å². The molecule has 0 saturated heterocycles. The summed E-state index contributed by atoms with van der Waals surface area (Å²) in [6.07, 6.45) is -2.24. The van der Waals surface area contributed by atoms with Crippen LogP contribution in [0.15, 0.2) is 42.5 Å². The first-order valence-electron chi connectivity index (χ1n) is 13.1. The van der Waals surface area contributed by atoms with Crippen LogP contribution >= 0.6 is 0 Å². The van der Waals surface area contributed by atoms with E-state index in [0.29, 0.717) is 42.6 Å². The zero-order chi connectivity index (χ0) is 27.3. The Bertz CT molecular complexity index is 1130. The minimum Gasteiger partial charge on any atom is -0.489 e. The molecule has 38 heavy (non-hydrogen) atoms. The summed E-state index contributed by atoms with van der Waals surface area (Å²) < 4.78 is 46.7. The van der Waals surface area contributed by atoms with Gasteiger partial charge >= 0.3 is 6.18 Å². The third kappa shape index (κ3) is 7.18. The smallest absolute Gasteiger partial charge is 0.416 e. The maximum atomic E-state index is 13.6. The van der Waals surface area contributed by atoms with Crippen LogP contribution in [0.3, 0.4) is 0 Å². The molecule has 0 atom stereocenters. The van der Waals surface area contributed by atoms with Gasteiger partial charge in [-0.05, 0) is 42.5 Å². The molecule has 1 aliphatic carbocycles. The fourth-order valence-corrected chi connectivity index (χ4v) is 4.52. The van der Waals surface area contributed by atoms with E-state index in [0.717, 1.165) is 25.5 Å². The standard InChI is InChI=1S/C28H35F3N4O3/c1-19(2)32-12-13-34(18-21-6-3-4-8-23(21)28(29,30)31)25(36)16-33-24-9-5-7-22-26(24)38-15-14-35(27(22)37)17-20-10-11-20/h3-9,19-20,32-33H,10-18H2,1-2H3. The van der Waals surface area contributed by atoms with Crippen molar-refractivity contribution in [1.29, 1.82) is 0 Å². The molecule has 10 heteroatoms. The van der Waals surface area contributed by atoms with Crippen LogP contribution in [0, 0.1) is 5.92 Å². The van der Waals surface area contributed by atoms with Gasteiger partial charge in [-0.25, -0.2) is 0 Å². The third-order valence-electron chi connectivity index (χ3n) is 6.72. The molecule has 2 aliphatic rings. The van der Waals surface area contributed by atoms with Crippen LogP contribution in [0.25, 0.3) is 0 Å². The highest BCUT2D eigenvalue weighted by molar-refractivity contribution is 5.99. The number of alkyl halides is 3. The first kappa shape index (κ1) is 27.8. The minimum absolute atomic E-state index is 0.0381. The topological polar surface area (TPSA) is 73.9 Å². The number of carbonyl (C=O) groups excluding carboxylic acids is 2. The molecule has 1 aliphatic heterocycles. The van der Waals surface area contributed by atoms with Gasteiger partial charge in [0.05, 0.1) is 29.9 Å². The zero-order valence-corrected chi connectivity index (χ0v) is 21.8. The molecule has 0 spiro atoms. The van der Waals surface area contributed by atoms with Gasteiger partial charge in [0.1, 0.15) is 6.61 Å². The molecule has 0 radical (unpaired) electrons. The van der Waals surface area contributed by atoms with Gasteiger partial charge in [0, 0.05) is 32.2 Å². The molecule has 206 valence electrons. The number of benzene rings is 2. The van der Waals surface area contributed by atoms with Crippen LogP contribution in [0.2, 0.25) is 0 Å². The van der Waals surface area contributed by atoms with Crippen LogP contribution in [0.4, 0.5) is 18.9 Å². The molecule has 4 rings (SSSR count). The van der Waals surface area contributed by atoms with Crippen molar-refractivity contribution in [1.82, 2.24) is 15.1 Å². The number of nitrogens with zero attached hydrogens (tertiary/aromatic N) is 2. The van der Waals surface area contributed by atoms with Crippen molar-refractivity contribution in [2.45, 2.75) is 45.5 Å². The van der Waals surface area contributed by atoms with Gasteiger partial charge < -0.3 is 25.2 Å². The number of rotatable bonds is 11. The highest BCUT2D eigenvalue weighted by Gasteiger charge is 2.34. The summed E-state index contributed by atoms with van der Waals surface area (Å²) in [5.74, 6) is 0.502. The lowest BCUT2D eigenvalue weighted by Gasteiger charge is -2.26. The summed E-state index contributed by atoms with van der Waals surface area (Å²) in [7, 11) is 0. The molecule has 1 heterocycles. The first-order chi connectivity index (χ1) is 18.1. The number of hydrogen-bond acceptors (Lipinski definition) is 5. The molecule has 0 bridgehead atoms. The van der Waals surface area contributed by atoms with Crippen molar-refractivity contribution >= 4 is 17.5 Å². The monoisotopic (exact) mass is 532 g/mol. The lowest BCUT2D eigenvalue weighted by molar-refractivity contribution is -0.139. The highest BCUT2D eigenvalue weighted by atomic mass is 19.4. The average molecular weight is 533 g/mol. The number of halogens is 3. The summed E-state index contributed by atoms with van der Waals surface area (Å²) >= 11 is 0. The van der Waals surface area contributed by atoms with Crippen molar-refractivity contribution in [3.63, 3.8) is 0 Å². The minimum atomic E-state index is -4.52. The number of para-hydroxylation sites is 1. The van der Waals surface area contributed by atoms with E-state index in [1.165, 1.54) is 23.1 Å². The van der Waals surface area contributed by atoms with Gasteiger partial charge in [-0.15, -0.1) is 0 Å². The van der Waals surface area contributed by atoms with E-state index < -0.39 is 11.7 Å². The van der Waals surface area contributed by atoms with Crippen molar-refractivity contribution < 1.29 is 27.5 Å². The van der Waals surface area contributed by atoms with E-state index in [1.807, 2.05) is 18.7 Å².